The zero-order valence-corrected chi connectivity index (χ0v) is 20.4. The maximum atomic E-state index is 14.6. The van der Waals surface area contributed by atoms with Gasteiger partial charge in [-0.15, -0.1) is 0 Å². The van der Waals surface area contributed by atoms with Crippen molar-refractivity contribution in [3.8, 4) is 5.75 Å². The van der Waals surface area contributed by atoms with Crippen molar-refractivity contribution in [2.45, 2.75) is 13.3 Å². The highest BCUT2D eigenvalue weighted by Gasteiger charge is 2.27. The Labute approximate surface area is 211 Å². The molecule has 0 saturated carbocycles. The first kappa shape index (κ1) is 25.0. The Bertz CT molecular complexity index is 1290. The summed E-state index contributed by atoms with van der Waals surface area (Å²) in [6.07, 6.45) is 1.45. The van der Waals surface area contributed by atoms with Crippen LogP contribution in [0.4, 0.5) is 38.0 Å². The van der Waals surface area contributed by atoms with Gasteiger partial charge in [0.15, 0.2) is 5.82 Å². The van der Waals surface area contributed by atoms with Crippen LogP contribution < -0.4 is 25.6 Å². The monoisotopic (exact) mass is 514 g/mol. The lowest BCUT2D eigenvalue weighted by atomic mass is 10.1. The summed E-state index contributed by atoms with van der Waals surface area (Å²) in [7, 11) is 1.45. The molecule has 1 aromatic heterocycles. The van der Waals surface area contributed by atoms with Crippen LogP contribution >= 0.6 is 11.6 Å². The van der Waals surface area contributed by atoms with Crippen molar-refractivity contribution in [3.05, 3.63) is 59.0 Å². The molecule has 0 radical (unpaired) electrons. The Balaban J connectivity index is 1.69. The molecule has 0 bridgehead atoms. The van der Waals surface area contributed by atoms with E-state index in [9.17, 15) is 14.0 Å². The first-order chi connectivity index (χ1) is 17.4. The number of ether oxygens (including phenoxy) is 2. The molecule has 3 N–H and O–H groups in total. The van der Waals surface area contributed by atoms with E-state index in [0.717, 1.165) is 0 Å². The number of anilines is 5. The van der Waals surface area contributed by atoms with E-state index < -0.39 is 17.8 Å². The average molecular weight is 515 g/mol. The maximum absolute atomic E-state index is 14.6. The van der Waals surface area contributed by atoms with Gasteiger partial charge in [0.2, 0.25) is 5.95 Å². The lowest BCUT2D eigenvalue weighted by molar-refractivity contribution is 0.0963. The molecule has 12 heteroatoms. The minimum atomic E-state index is -0.657. The quantitative estimate of drug-likeness (QED) is 0.427. The number of hydrogen-bond acceptors (Lipinski definition) is 8. The summed E-state index contributed by atoms with van der Waals surface area (Å²) in [5, 5.41) is 8.46. The summed E-state index contributed by atoms with van der Waals surface area (Å²) in [5.74, 6) is -0.451. The van der Waals surface area contributed by atoms with Gasteiger partial charge in [0, 0.05) is 13.6 Å². The van der Waals surface area contributed by atoms with E-state index in [1.165, 1.54) is 36.3 Å². The number of amides is 2. The van der Waals surface area contributed by atoms with Crippen LogP contribution in [0, 0.1) is 5.82 Å². The van der Waals surface area contributed by atoms with E-state index in [2.05, 4.69) is 25.9 Å². The fourth-order valence-electron chi connectivity index (χ4n) is 3.65. The van der Waals surface area contributed by atoms with Gasteiger partial charge in [-0.25, -0.2) is 14.2 Å². The molecule has 4 rings (SSSR count). The topological polar surface area (TPSA) is 118 Å². The maximum Gasteiger partial charge on any atom is 0.414 e. The van der Waals surface area contributed by atoms with E-state index in [0.29, 0.717) is 36.7 Å². The number of halogens is 2. The number of fused-ring (bicyclic) bond motifs is 1. The molecule has 188 valence electrons. The van der Waals surface area contributed by atoms with E-state index >= 15 is 0 Å². The highest BCUT2D eigenvalue weighted by Crippen LogP contribution is 2.39. The van der Waals surface area contributed by atoms with Gasteiger partial charge in [-0.1, -0.05) is 23.7 Å². The van der Waals surface area contributed by atoms with Crippen molar-refractivity contribution in [1.82, 2.24) is 15.3 Å². The predicted octanol–water partition coefficient (Wildman–Crippen LogP) is 4.86. The van der Waals surface area contributed by atoms with Crippen molar-refractivity contribution in [1.29, 1.82) is 0 Å². The van der Waals surface area contributed by atoms with Crippen molar-refractivity contribution in [3.63, 3.8) is 0 Å². The Morgan fingerprint density at radius 1 is 1.22 bits per heavy atom. The summed E-state index contributed by atoms with van der Waals surface area (Å²) in [5.41, 5.74) is 0.973. The van der Waals surface area contributed by atoms with Crippen LogP contribution in [-0.4, -0.2) is 48.8 Å². The Morgan fingerprint density at radius 2 is 2.03 bits per heavy atom. The normalized spacial score (nSPS) is 12.6. The second-order valence-corrected chi connectivity index (χ2v) is 7.99. The van der Waals surface area contributed by atoms with Crippen molar-refractivity contribution in [2.24, 2.45) is 0 Å². The van der Waals surface area contributed by atoms with Gasteiger partial charge >= 0.3 is 6.09 Å². The zero-order valence-electron chi connectivity index (χ0n) is 19.6. The minimum Gasteiger partial charge on any atom is -0.491 e. The number of hydrogen-bond donors (Lipinski definition) is 3. The molecule has 1 aliphatic heterocycles. The van der Waals surface area contributed by atoms with Gasteiger partial charge < -0.3 is 25.4 Å². The average Bonchev–Trinajstić information content (AvgIpc) is 3.10. The molecule has 0 fully saturated rings. The Morgan fingerprint density at radius 3 is 2.81 bits per heavy atom. The zero-order chi connectivity index (χ0) is 25.7. The van der Waals surface area contributed by atoms with Crippen molar-refractivity contribution in [2.75, 3.05) is 42.3 Å². The third-order valence-corrected chi connectivity index (χ3v) is 5.54. The number of nitrogens with zero attached hydrogens (tertiary/aromatic N) is 3. The van der Waals surface area contributed by atoms with E-state index in [-0.39, 0.29) is 34.6 Å². The molecule has 2 amide bonds. The minimum absolute atomic E-state index is 0.0740. The van der Waals surface area contributed by atoms with Crippen LogP contribution in [-0.2, 0) is 4.74 Å². The molecular formula is C24H24ClFN6O4. The highest BCUT2D eigenvalue weighted by atomic mass is 35.5. The van der Waals surface area contributed by atoms with Crippen LogP contribution in [0.1, 0.15) is 23.7 Å². The summed E-state index contributed by atoms with van der Waals surface area (Å²) in [6, 6.07) is 9.38. The second kappa shape index (κ2) is 11.1. The number of para-hydroxylation sites is 2. The van der Waals surface area contributed by atoms with Gasteiger partial charge in [-0.2, -0.15) is 4.98 Å². The van der Waals surface area contributed by atoms with E-state index in [4.69, 9.17) is 21.1 Å². The van der Waals surface area contributed by atoms with Crippen LogP contribution in [0.5, 0.6) is 5.75 Å². The van der Waals surface area contributed by atoms with Crippen LogP contribution in [0.25, 0.3) is 0 Å². The van der Waals surface area contributed by atoms with Gasteiger partial charge in [-0.3, -0.25) is 9.69 Å². The summed E-state index contributed by atoms with van der Waals surface area (Å²) in [4.78, 5) is 34.9. The van der Waals surface area contributed by atoms with Gasteiger partial charge in [0.05, 0.1) is 36.3 Å². The fourth-order valence-corrected chi connectivity index (χ4v) is 3.79. The van der Waals surface area contributed by atoms with Crippen molar-refractivity contribution >= 4 is 52.4 Å². The second-order valence-electron chi connectivity index (χ2n) is 7.59. The first-order valence-electron chi connectivity index (χ1n) is 11.2. The number of aromatic nitrogens is 2. The molecule has 10 nitrogen and oxygen atoms in total. The SMILES string of the molecule is CCOC(=O)N1CCCOc2cccc(Nc3ncc(Cl)c(Nc4c(F)cccc4C(=O)NC)n3)c21. The first-order valence-corrected chi connectivity index (χ1v) is 11.6. The lowest BCUT2D eigenvalue weighted by Crippen LogP contribution is -2.32. The highest BCUT2D eigenvalue weighted by molar-refractivity contribution is 6.33. The van der Waals surface area contributed by atoms with Crippen LogP contribution in [0.15, 0.2) is 42.6 Å². The van der Waals surface area contributed by atoms with Crippen LogP contribution in [0.2, 0.25) is 5.02 Å². The molecule has 0 atom stereocenters. The third kappa shape index (κ3) is 5.25. The molecule has 3 aromatic rings. The number of carbonyl (C=O) groups is 2. The van der Waals surface area contributed by atoms with Crippen LogP contribution in [0.3, 0.4) is 0 Å². The third-order valence-electron chi connectivity index (χ3n) is 5.26. The predicted molar refractivity (Wildman–Crippen MR) is 134 cm³/mol. The number of benzene rings is 2. The molecule has 0 aliphatic carbocycles. The number of nitrogens with one attached hydrogen (secondary N) is 3. The lowest BCUT2D eigenvalue weighted by Gasteiger charge is -2.24. The summed E-state index contributed by atoms with van der Waals surface area (Å²) >= 11 is 6.28. The molecule has 0 unspecified atom stereocenters. The summed E-state index contributed by atoms with van der Waals surface area (Å²) in [6.45, 7) is 2.80. The van der Waals surface area contributed by atoms with Gasteiger partial charge in [0.25, 0.3) is 5.91 Å². The molecule has 0 spiro atoms. The number of carbonyl (C=O) groups excluding carboxylic acids is 2. The fraction of sp³-hybridized carbons (Fsp3) is 0.250. The molecule has 36 heavy (non-hydrogen) atoms. The molecule has 2 aromatic carbocycles. The smallest absolute Gasteiger partial charge is 0.414 e. The summed E-state index contributed by atoms with van der Waals surface area (Å²) < 4.78 is 25.7. The largest absolute Gasteiger partial charge is 0.491 e. The van der Waals surface area contributed by atoms with E-state index in [1.54, 1.807) is 25.1 Å². The van der Waals surface area contributed by atoms with Crippen molar-refractivity contribution < 1.29 is 23.5 Å². The molecule has 1 aliphatic rings. The molecular weight excluding hydrogens is 491 g/mol. The van der Waals surface area contributed by atoms with Gasteiger partial charge in [-0.05, 0) is 37.6 Å². The molecule has 2 heterocycles. The molecule has 0 saturated heterocycles. The Kier molecular flexibility index (Phi) is 7.69. The van der Waals surface area contributed by atoms with E-state index in [1.807, 2.05) is 0 Å². The van der Waals surface area contributed by atoms with Gasteiger partial charge in [0.1, 0.15) is 22.3 Å². The Hall–Kier alpha value is -4.12. The standard InChI is InChI=1S/C24H24ClFN6O4/c1-3-35-24(34)32-11-6-12-36-18-10-5-9-17(20(18)32)29-23-28-13-15(25)21(31-23)30-19-14(22(33)27-2)7-4-8-16(19)26/h4-5,7-10,13H,3,6,11-12H2,1-2H3,(H,27,33)(H2,28,29,30,31). The number of rotatable bonds is 6.